The van der Waals surface area contributed by atoms with Crippen molar-refractivity contribution >= 4 is 28.3 Å². The van der Waals surface area contributed by atoms with Crippen molar-refractivity contribution < 1.29 is 9.59 Å². The Kier molecular flexibility index (Phi) is 3.91. The van der Waals surface area contributed by atoms with E-state index in [-0.39, 0.29) is 24.2 Å². The van der Waals surface area contributed by atoms with Crippen LogP contribution in [0.15, 0.2) is 18.9 Å². The first-order valence-electron chi connectivity index (χ1n) is 8.27. The lowest BCUT2D eigenvalue weighted by Crippen LogP contribution is -2.28. The quantitative estimate of drug-likeness (QED) is 0.843. The normalized spacial score (nSPS) is 18.8. The molecule has 3 heterocycles. The van der Waals surface area contributed by atoms with E-state index < -0.39 is 0 Å². The van der Waals surface area contributed by atoms with E-state index in [0.717, 1.165) is 24.1 Å². The number of likely N-dealkylation sites (tertiary alicyclic amines) is 1. The van der Waals surface area contributed by atoms with Gasteiger partial charge in [-0.05, 0) is 12.8 Å². The lowest BCUT2D eigenvalue weighted by molar-refractivity contribution is -0.127. The summed E-state index contributed by atoms with van der Waals surface area (Å²) in [5.74, 6) is -0.474. The van der Waals surface area contributed by atoms with Crippen molar-refractivity contribution in [2.75, 3.05) is 18.4 Å². The number of aryl methyl sites for hydroxylation is 2. The molecule has 2 aromatic rings. The minimum Gasteiger partial charge on any atom is -0.338 e. The molecule has 8 heteroatoms. The second-order valence-corrected chi connectivity index (χ2v) is 7.48. The average Bonchev–Trinajstić information content (AvgIpc) is 3.25. The molecule has 2 amide bonds. The molecule has 4 rings (SSSR count). The molecule has 0 aromatic carbocycles. The van der Waals surface area contributed by atoms with Crippen LogP contribution in [0, 0.1) is 5.92 Å². The van der Waals surface area contributed by atoms with Crippen LogP contribution in [0.3, 0.4) is 0 Å². The second kappa shape index (κ2) is 6.11. The topological polar surface area (TPSA) is 80.1 Å². The van der Waals surface area contributed by atoms with Gasteiger partial charge in [-0.1, -0.05) is 6.08 Å². The summed E-state index contributed by atoms with van der Waals surface area (Å²) >= 11 is 1.51. The summed E-state index contributed by atoms with van der Waals surface area (Å²) in [6.07, 6.45) is 5.60. The number of fused-ring (bicyclic) bond motifs is 3. The van der Waals surface area contributed by atoms with Crippen molar-refractivity contribution in [2.24, 2.45) is 13.0 Å². The molecule has 0 saturated carbocycles. The third kappa shape index (κ3) is 2.76. The van der Waals surface area contributed by atoms with Gasteiger partial charge >= 0.3 is 0 Å². The fraction of sp³-hybridized carbons (Fsp3) is 0.412. The number of carbonyl (C=O) groups is 2. The Morgan fingerprint density at radius 2 is 2.36 bits per heavy atom. The van der Waals surface area contributed by atoms with E-state index in [2.05, 4.69) is 22.0 Å². The predicted octanol–water partition coefficient (Wildman–Crippen LogP) is 1.62. The number of hydrogen-bond acceptors (Lipinski definition) is 5. The molecule has 0 radical (unpaired) electrons. The summed E-state index contributed by atoms with van der Waals surface area (Å²) in [5, 5.41) is 7.80. The van der Waals surface area contributed by atoms with Crippen LogP contribution in [0.2, 0.25) is 0 Å². The van der Waals surface area contributed by atoms with E-state index >= 15 is 0 Å². The van der Waals surface area contributed by atoms with Crippen LogP contribution >= 0.6 is 11.3 Å². The number of hydrogen-bond donors (Lipinski definition) is 1. The minimum absolute atomic E-state index is 0.00140. The summed E-state index contributed by atoms with van der Waals surface area (Å²) in [7, 11) is 1.94. The molecule has 1 unspecified atom stereocenters. The van der Waals surface area contributed by atoms with Crippen LogP contribution in [-0.2, 0) is 29.5 Å². The van der Waals surface area contributed by atoms with Gasteiger partial charge in [0.15, 0.2) is 5.13 Å². The molecular weight excluding hydrogens is 338 g/mol. The van der Waals surface area contributed by atoms with E-state index in [1.165, 1.54) is 21.9 Å². The molecule has 25 heavy (non-hydrogen) atoms. The second-order valence-electron chi connectivity index (χ2n) is 6.40. The summed E-state index contributed by atoms with van der Waals surface area (Å²) < 4.78 is 1.88. The molecule has 2 aliphatic rings. The molecule has 1 aliphatic heterocycles. The van der Waals surface area contributed by atoms with Crippen LogP contribution in [0.25, 0.3) is 11.3 Å². The van der Waals surface area contributed by atoms with Crippen molar-refractivity contribution in [3.63, 3.8) is 0 Å². The Morgan fingerprint density at radius 1 is 1.52 bits per heavy atom. The van der Waals surface area contributed by atoms with Crippen LogP contribution in [0.1, 0.15) is 17.0 Å². The fourth-order valence-electron chi connectivity index (χ4n) is 3.46. The van der Waals surface area contributed by atoms with Gasteiger partial charge in [-0.25, -0.2) is 4.98 Å². The molecule has 1 N–H and O–H groups in total. The molecule has 130 valence electrons. The van der Waals surface area contributed by atoms with Gasteiger partial charge in [0.2, 0.25) is 11.8 Å². The first kappa shape index (κ1) is 16.0. The van der Waals surface area contributed by atoms with Crippen molar-refractivity contribution in [3.05, 3.63) is 29.4 Å². The van der Waals surface area contributed by atoms with E-state index in [0.29, 0.717) is 18.2 Å². The van der Waals surface area contributed by atoms with Crippen molar-refractivity contribution in [1.29, 1.82) is 0 Å². The first-order chi connectivity index (χ1) is 12.1. The van der Waals surface area contributed by atoms with Gasteiger partial charge in [-0.15, -0.1) is 17.9 Å². The standard InChI is InChI=1S/C17H19N5O2S/c1-3-6-22-9-10(7-14(22)23)16(24)20-17-19-15-11-8-18-21(2)12(11)4-5-13(15)25-17/h3,8,10H,1,4-7,9H2,2H3,(H,19,20,24). The van der Waals surface area contributed by atoms with Crippen molar-refractivity contribution in [2.45, 2.75) is 19.3 Å². The van der Waals surface area contributed by atoms with Crippen LogP contribution < -0.4 is 5.32 Å². The largest absolute Gasteiger partial charge is 0.338 e. The lowest BCUT2D eigenvalue weighted by atomic mass is 10.0. The van der Waals surface area contributed by atoms with Gasteiger partial charge < -0.3 is 10.2 Å². The Labute approximate surface area is 149 Å². The zero-order chi connectivity index (χ0) is 17.6. The maximum Gasteiger partial charge on any atom is 0.231 e. The maximum atomic E-state index is 12.5. The highest BCUT2D eigenvalue weighted by molar-refractivity contribution is 7.16. The number of thiazole rings is 1. The molecule has 1 atom stereocenters. The van der Waals surface area contributed by atoms with Crippen LogP contribution in [0.5, 0.6) is 0 Å². The predicted molar refractivity (Wildman–Crippen MR) is 95.2 cm³/mol. The SMILES string of the molecule is C=CCN1CC(C(=O)Nc2nc3c(s2)CCc2c-3cnn2C)CC1=O. The summed E-state index contributed by atoms with van der Waals surface area (Å²) in [5.41, 5.74) is 3.15. The Balaban J connectivity index is 1.50. The third-order valence-electron chi connectivity index (χ3n) is 4.77. The van der Waals surface area contributed by atoms with Crippen molar-refractivity contribution in [3.8, 4) is 11.3 Å². The number of aromatic nitrogens is 3. The number of rotatable bonds is 4. The van der Waals surface area contributed by atoms with Gasteiger partial charge in [0, 0.05) is 42.7 Å². The smallest absolute Gasteiger partial charge is 0.231 e. The highest BCUT2D eigenvalue weighted by Crippen LogP contribution is 2.38. The van der Waals surface area contributed by atoms with E-state index in [1.807, 2.05) is 17.9 Å². The zero-order valence-corrected chi connectivity index (χ0v) is 14.8. The molecule has 1 fully saturated rings. The molecular formula is C17H19N5O2S. The molecule has 0 spiro atoms. The Hall–Kier alpha value is -2.48. The summed E-state index contributed by atoms with van der Waals surface area (Å²) in [6, 6.07) is 0. The first-order valence-corrected chi connectivity index (χ1v) is 9.09. The van der Waals surface area contributed by atoms with Crippen molar-refractivity contribution in [1.82, 2.24) is 19.7 Å². The zero-order valence-electron chi connectivity index (χ0n) is 14.0. The number of amides is 2. The maximum absolute atomic E-state index is 12.5. The highest BCUT2D eigenvalue weighted by atomic mass is 32.1. The van der Waals surface area contributed by atoms with Crippen LogP contribution in [-0.4, -0.2) is 44.6 Å². The summed E-state index contributed by atoms with van der Waals surface area (Å²) in [4.78, 5) is 31.9. The highest BCUT2D eigenvalue weighted by Gasteiger charge is 2.34. The molecule has 1 saturated heterocycles. The number of nitrogens with one attached hydrogen (secondary N) is 1. The molecule has 2 aromatic heterocycles. The number of carbonyl (C=O) groups excluding carboxylic acids is 2. The van der Waals surface area contributed by atoms with E-state index in [4.69, 9.17) is 0 Å². The average molecular weight is 357 g/mol. The van der Waals surface area contributed by atoms with E-state index in [9.17, 15) is 9.59 Å². The number of anilines is 1. The van der Waals surface area contributed by atoms with Crippen LogP contribution in [0.4, 0.5) is 5.13 Å². The molecule has 7 nitrogen and oxygen atoms in total. The fourth-order valence-corrected chi connectivity index (χ4v) is 4.44. The molecule has 0 bridgehead atoms. The van der Waals surface area contributed by atoms with Gasteiger partial charge in [-0.3, -0.25) is 14.3 Å². The minimum atomic E-state index is -0.331. The lowest BCUT2D eigenvalue weighted by Gasteiger charge is -2.13. The Bertz CT molecular complexity index is 869. The Morgan fingerprint density at radius 3 is 3.16 bits per heavy atom. The third-order valence-corrected chi connectivity index (χ3v) is 5.80. The van der Waals surface area contributed by atoms with E-state index in [1.54, 1.807) is 11.0 Å². The molecule has 1 aliphatic carbocycles. The summed E-state index contributed by atoms with van der Waals surface area (Å²) in [6.45, 7) is 4.57. The van der Waals surface area contributed by atoms with Gasteiger partial charge in [0.05, 0.1) is 17.8 Å². The van der Waals surface area contributed by atoms with Gasteiger partial charge in [0.25, 0.3) is 0 Å². The van der Waals surface area contributed by atoms with Gasteiger partial charge in [0.1, 0.15) is 0 Å². The number of nitrogens with zero attached hydrogens (tertiary/aromatic N) is 4. The van der Waals surface area contributed by atoms with Gasteiger partial charge in [-0.2, -0.15) is 5.10 Å². The monoisotopic (exact) mass is 357 g/mol.